The van der Waals surface area contributed by atoms with Crippen LogP contribution in [0.1, 0.15) is 5.56 Å². The lowest BCUT2D eigenvalue weighted by atomic mass is 10.2. The van der Waals surface area contributed by atoms with E-state index in [-0.39, 0.29) is 4.90 Å². The van der Waals surface area contributed by atoms with E-state index < -0.39 is 10.0 Å². The van der Waals surface area contributed by atoms with Crippen LogP contribution in [0.15, 0.2) is 66.8 Å². The van der Waals surface area contributed by atoms with Gasteiger partial charge in [0.2, 0.25) is 0 Å². The van der Waals surface area contributed by atoms with Gasteiger partial charge in [-0.05, 0) is 42.0 Å². The molecule has 6 heteroatoms. The van der Waals surface area contributed by atoms with Gasteiger partial charge in [0.05, 0.1) is 4.90 Å². The predicted octanol–water partition coefficient (Wildman–Crippen LogP) is 4.02. The Labute approximate surface area is 128 Å². The standard InChI is InChI=1S/C13H9Br2NO2S/c14-11-4-6-13(7-5-11)19(17,18)16-9-10-2-1-3-12(15)8-10/h1-9H/b16-9+. The van der Waals surface area contributed by atoms with Gasteiger partial charge in [-0.3, -0.25) is 0 Å². The van der Waals surface area contributed by atoms with Crippen molar-refractivity contribution in [2.45, 2.75) is 4.90 Å². The van der Waals surface area contributed by atoms with Gasteiger partial charge in [-0.15, -0.1) is 0 Å². The Balaban J connectivity index is 2.29. The minimum Gasteiger partial charge on any atom is -0.199 e. The molecule has 0 bridgehead atoms. The minimum atomic E-state index is -3.65. The van der Waals surface area contributed by atoms with Crippen LogP contribution in [0.4, 0.5) is 0 Å². The Morgan fingerprint density at radius 3 is 2.26 bits per heavy atom. The Kier molecular flexibility index (Phi) is 4.54. The molecular weight excluding hydrogens is 394 g/mol. The molecule has 0 aromatic heterocycles. The second kappa shape index (κ2) is 5.98. The molecule has 0 aliphatic heterocycles. The molecule has 2 aromatic carbocycles. The summed E-state index contributed by atoms with van der Waals surface area (Å²) in [5.41, 5.74) is 0.718. The lowest BCUT2D eigenvalue weighted by Gasteiger charge is -1.99. The molecule has 3 nitrogen and oxygen atoms in total. The first-order chi connectivity index (χ1) is 8.97. The van der Waals surface area contributed by atoms with Gasteiger partial charge in [0.1, 0.15) is 0 Å². The summed E-state index contributed by atoms with van der Waals surface area (Å²) in [5.74, 6) is 0. The summed E-state index contributed by atoms with van der Waals surface area (Å²) < 4.78 is 29.3. The van der Waals surface area contributed by atoms with Crippen LogP contribution in [0.5, 0.6) is 0 Å². The molecule has 98 valence electrons. The van der Waals surface area contributed by atoms with E-state index in [1.807, 2.05) is 12.1 Å². The molecule has 0 heterocycles. The Bertz CT molecular complexity index is 710. The molecule has 0 unspecified atom stereocenters. The number of hydrogen-bond acceptors (Lipinski definition) is 2. The van der Waals surface area contributed by atoms with E-state index in [4.69, 9.17) is 0 Å². The van der Waals surface area contributed by atoms with Crippen molar-refractivity contribution in [2.75, 3.05) is 0 Å². The van der Waals surface area contributed by atoms with Gasteiger partial charge >= 0.3 is 0 Å². The van der Waals surface area contributed by atoms with Crippen LogP contribution in [0.3, 0.4) is 0 Å². The van der Waals surface area contributed by atoms with Crippen molar-refractivity contribution in [3.05, 3.63) is 63.0 Å². The Morgan fingerprint density at radius 1 is 0.947 bits per heavy atom. The fourth-order valence-corrected chi connectivity index (χ4v) is 2.93. The highest BCUT2D eigenvalue weighted by Gasteiger charge is 2.10. The first-order valence-electron chi connectivity index (χ1n) is 5.29. The van der Waals surface area contributed by atoms with Crippen molar-refractivity contribution in [2.24, 2.45) is 4.40 Å². The molecule has 0 fully saturated rings. The van der Waals surface area contributed by atoms with Gasteiger partial charge in [-0.1, -0.05) is 44.0 Å². The van der Waals surface area contributed by atoms with Crippen LogP contribution in [-0.4, -0.2) is 14.6 Å². The first kappa shape index (κ1) is 14.4. The third-order valence-electron chi connectivity index (χ3n) is 2.30. The van der Waals surface area contributed by atoms with Crippen molar-refractivity contribution in [3.63, 3.8) is 0 Å². The second-order valence-electron chi connectivity index (χ2n) is 3.72. The fourth-order valence-electron chi connectivity index (χ4n) is 1.38. The minimum absolute atomic E-state index is 0.168. The molecule has 0 aliphatic carbocycles. The molecule has 2 aromatic rings. The number of benzene rings is 2. The normalized spacial score (nSPS) is 11.9. The van der Waals surface area contributed by atoms with Gasteiger partial charge < -0.3 is 0 Å². The summed E-state index contributed by atoms with van der Waals surface area (Å²) in [6, 6.07) is 13.6. The van der Waals surface area contributed by atoms with E-state index in [1.165, 1.54) is 18.3 Å². The molecule has 0 saturated carbocycles. The molecule has 19 heavy (non-hydrogen) atoms. The highest BCUT2D eigenvalue weighted by atomic mass is 79.9. The summed E-state index contributed by atoms with van der Waals surface area (Å²) >= 11 is 6.58. The molecule has 0 aliphatic rings. The first-order valence-corrected chi connectivity index (χ1v) is 8.31. The van der Waals surface area contributed by atoms with E-state index >= 15 is 0 Å². The third-order valence-corrected chi connectivity index (χ3v) is 4.57. The monoisotopic (exact) mass is 401 g/mol. The lowest BCUT2D eigenvalue weighted by molar-refractivity contribution is 0.598. The maximum Gasteiger partial charge on any atom is 0.282 e. The van der Waals surface area contributed by atoms with Crippen molar-refractivity contribution in [3.8, 4) is 0 Å². The maximum atomic E-state index is 12.0. The molecule has 0 saturated heterocycles. The average Bonchev–Trinajstić information content (AvgIpc) is 2.37. The Hall–Kier alpha value is -0.980. The van der Waals surface area contributed by atoms with E-state index in [2.05, 4.69) is 36.3 Å². The number of rotatable bonds is 3. The maximum absolute atomic E-state index is 12.0. The van der Waals surface area contributed by atoms with Gasteiger partial charge in [-0.25, -0.2) is 0 Å². The SMILES string of the molecule is O=S(=O)(/N=C/c1cccc(Br)c1)c1ccc(Br)cc1. The van der Waals surface area contributed by atoms with Gasteiger partial charge in [0.25, 0.3) is 10.0 Å². The molecule has 0 amide bonds. The van der Waals surface area contributed by atoms with Crippen LogP contribution in [-0.2, 0) is 10.0 Å². The van der Waals surface area contributed by atoms with Gasteiger partial charge in [0, 0.05) is 15.2 Å². The highest BCUT2D eigenvalue weighted by molar-refractivity contribution is 9.10. The predicted molar refractivity (Wildman–Crippen MR) is 83.1 cm³/mol. The van der Waals surface area contributed by atoms with Gasteiger partial charge in [-0.2, -0.15) is 12.8 Å². The molecular formula is C13H9Br2NO2S. The third kappa shape index (κ3) is 3.99. The van der Waals surface area contributed by atoms with E-state index in [9.17, 15) is 8.42 Å². The van der Waals surface area contributed by atoms with Crippen LogP contribution < -0.4 is 0 Å². The highest BCUT2D eigenvalue weighted by Crippen LogP contribution is 2.17. The van der Waals surface area contributed by atoms with Crippen molar-refractivity contribution in [1.29, 1.82) is 0 Å². The fraction of sp³-hybridized carbons (Fsp3) is 0. The average molecular weight is 403 g/mol. The molecule has 2 rings (SSSR count). The summed E-state index contributed by atoms with van der Waals surface area (Å²) in [6.45, 7) is 0. The van der Waals surface area contributed by atoms with Gasteiger partial charge in [0.15, 0.2) is 0 Å². The smallest absolute Gasteiger partial charge is 0.199 e. The van der Waals surface area contributed by atoms with Crippen LogP contribution in [0.25, 0.3) is 0 Å². The summed E-state index contributed by atoms with van der Waals surface area (Å²) in [4.78, 5) is 0.168. The van der Waals surface area contributed by atoms with Crippen LogP contribution in [0, 0.1) is 0 Å². The molecule has 0 spiro atoms. The van der Waals surface area contributed by atoms with Crippen molar-refractivity contribution < 1.29 is 8.42 Å². The van der Waals surface area contributed by atoms with E-state index in [0.717, 1.165) is 14.5 Å². The molecule has 0 radical (unpaired) electrons. The Morgan fingerprint density at radius 2 is 1.63 bits per heavy atom. The van der Waals surface area contributed by atoms with Crippen LogP contribution in [0.2, 0.25) is 0 Å². The molecule has 0 N–H and O–H groups in total. The summed E-state index contributed by atoms with van der Waals surface area (Å²) in [7, 11) is -3.65. The quantitative estimate of drug-likeness (QED) is 0.728. The number of halogens is 2. The zero-order valence-corrected chi connectivity index (χ0v) is 13.6. The number of sulfonamides is 1. The van der Waals surface area contributed by atoms with Crippen molar-refractivity contribution >= 4 is 48.1 Å². The van der Waals surface area contributed by atoms with Crippen LogP contribution >= 0.6 is 31.9 Å². The number of hydrogen-bond donors (Lipinski definition) is 0. The second-order valence-corrected chi connectivity index (χ2v) is 7.18. The largest absolute Gasteiger partial charge is 0.282 e. The summed E-state index contributed by atoms with van der Waals surface area (Å²) in [6.07, 6.45) is 1.34. The summed E-state index contributed by atoms with van der Waals surface area (Å²) in [5, 5.41) is 0. The zero-order chi connectivity index (χ0) is 13.9. The topological polar surface area (TPSA) is 46.5 Å². The molecule has 0 atom stereocenters. The number of nitrogens with zero attached hydrogens (tertiary/aromatic N) is 1. The van der Waals surface area contributed by atoms with E-state index in [1.54, 1.807) is 24.3 Å². The zero-order valence-electron chi connectivity index (χ0n) is 9.62. The van der Waals surface area contributed by atoms with Crippen molar-refractivity contribution in [1.82, 2.24) is 0 Å². The lowest BCUT2D eigenvalue weighted by Crippen LogP contribution is -1.97. The van der Waals surface area contributed by atoms with E-state index in [0.29, 0.717) is 0 Å².